The molecule has 70 valence electrons. The van der Waals surface area contributed by atoms with Gasteiger partial charge in [-0.1, -0.05) is 18.2 Å². The van der Waals surface area contributed by atoms with Crippen molar-refractivity contribution in [2.75, 3.05) is 0 Å². The monoisotopic (exact) mass is 176 g/mol. The van der Waals surface area contributed by atoms with E-state index in [1.807, 2.05) is 0 Å². The third kappa shape index (κ3) is 1.27. The molecule has 0 aliphatic heterocycles. The van der Waals surface area contributed by atoms with Crippen LogP contribution in [0.2, 0.25) is 0 Å². The number of rotatable bonds is 2. The van der Waals surface area contributed by atoms with Crippen LogP contribution in [0, 0.1) is 17.8 Å². The van der Waals surface area contributed by atoms with E-state index in [-0.39, 0.29) is 11.7 Å². The number of hydrogen-bond donors (Lipinski definition) is 0. The van der Waals surface area contributed by atoms with Crippen LogP contribution < -0.4 is 0 Å². The molecule has 0 N–H and O–H groups in total. The molecule has 0 heterocycles. The second kappa shape index (κ2) is 3.13. The Morgan fingerprint density at radius 3 is 2.85 bits per heavy atom. The lowest BCUT2D eigenvalue weighted by Gasteiger charge is -2.21. The molecule has 0 amide bonds. The van der Waals surface area contributed by atoms with Crippen LogP contribution in [0.1, 0.15) is 26.2 Å². The standard InChI is InChI=1S/C12H16O/c1-3-9-5-8-6-10(9)11(7-8)12(13)4-2/h3-4,8,10-11H,2,5-7H2,1H3/b9-3+. The summed E-state index contributed by atoms with van der Waals surface area (Å²) in [6, 6.07) is 0. The lowest BCUT2D eigenvalue weighted by molar-refractivity contribution is -0.119. The number of carbonyl (C=O) groups excluding carboxylic acids is 1. The van der Waals surface area contributed by atoms with Crippen molar-refractivity contribution in [2.45, 2.75) is 26.2 Å². The van der Waals surface area contributed by atoms with Crippen molar-refractivity contribution in [2.24, 2.45) is 17.8 Å². The maximum Gasteiger partial charge on any atom is 0.158 e. The zero-order valence-electron chi connectivity index (χ0n) is 8.12. The topological polar surface area (TPSA) is 17.1 Å². The van der Waals surface area contributed by atoms with E-state index in [1.54, 1.807) is 0 Å². The molecule has 2 aliphatic carbocycles. The molecular formula is C12H16O. The van der Waals surface area contributed by atoms with E-state index in [2.05, 4.69) is 19.6 Å². The minimum Gasteiger partial charge on any atom is -0.295 e. The van der Waals surface area contributed by atoms with E-state index in [1.165, 1.54) is 24.5 Å². The van der Waals surface area contributed by atoms with Crippen molar-refractivity contribution in [3.8, 4) is 0 Å². The fraction of sp³-hybridized carbons (Fsp3) is 0.583. The van der Waals surface area contributed by atoms with Crippen LogP contribution in [0.5, 0.6) is 0 Å². The van der Waals surface area contributed by atoms with E-state index in [9.17, 15) is 4.79 Å². The minimum atomic E-state index is 0.256. The van der Waals surface area contributed by atoms with Gasteiger partial charge in [-0.3, -0.25) is 4.79 Å². The van der Waals surface area contributed by atoms with Gasteiger partial charge in [-0.15, -0.1) is 0 Å². The van der Waals surface area contributed by atoms with Crippen LogP contribution in [0.3, 0.4) is 0 Å². The molecular weight excluding hydrogens is 160 g/mol. The predicted molar refractivity (Wildman–Crippen MR) is 53.3 cm³/mol. The minimum absolute atomic E-state index is 0.256. The van der Waals surface area contributed by atoms with Gasteiger partial charge in [-0.25, -0.2) is 0 Å². The second-order valence-electron chi connectivity index (χ2n) is 4.22. The van der Waals surface area contributed by atoms with Crippen LogP contribution in [0.4, 0.5) is 0 Å². The van der Waals surface area contributed by atoms with Crippen LogP contribution in [-0.4, -0.2) is 5.78 Å². The average Bonchev–Trinajstić information content (AvgIpc) is 2.74. The van der Waals surface area contributed by atoms with Crippen LogP contribution in [0.25, 0.3) is 0 Å². The van der Waals surface area contributed by atoms with Gasteiger partial charge in [0.05, 0.1) is 0 Å². The molecule has 2 bridgehead atoms. The molecule has 13 heavy (non-hydrogen) atoms. The largest absolute Gasteiger partial charge is 0.295 e. The normalized spacial score (nSPS) is 39.8. The number of carbonyl (C=O) groups is 1. The second-order valence-corrected chi connectivity index (χ2v) is 4.22. The first-order valence-electron chi connectivity index (χ1n) is 5.07. The van der Waals surface area contributed by atoms with Gasteiger partial charge in [0.25, 0.3) is 0 Å². The Labute approximate surface area is 79.5 Å². The number of fused-ring (bicyclic) bond motifs is 2. The first-order chi connectivity index (χ1) is 6.26. The van der Waals surface area contributed by atoms with Crippen molar-refractivity contribution < 1.29 is 4.79 Å². The zero-order valence-corrected chi connectivity index (χ0v) is 8.12. The highest BCUT2D eigenvalue weighted by Gasteiger charge is 2.44. The summed E-state index contributed by atoms with van der Waals surface area (Å²) in [6.45, 7) is 5.66. The van der Waals surface area contributed by atoms with E-state index in [4.69, 9.17) is 0 Å². The molecule has 0 saturated heterocycles. The Morgan fingerprint density at radius 2 is 2.31 bits per heavy atom. The smallest absolute Gasteiger partial charge is 0.158 e. The Bertz CT molecular complexity index is 275. The third-order valence-electron chi connectivity index (χ3n) is 3.60. The maximum absolute atomic E-state index is 11.5. The summed E-state index contributed by atoms with van der Waals surface area (Å²) in [6.07, 6.45) is 7.28. The molecule has 2 aliphatic rings. The lowest BCUT2D eigenvalue weighted by atomic mass is 9.82. The average molecular weight is 176 g/mol. The van der Waals surface area contributed by atoms with Crippen LogP contribution >= 0.6 is 0 Å². The molecule has 0 spiro atoms. The van der Waals surface area contributed by atoms with Gasteiger partial charge in [0.1, 0.15) is 0 Å². The molecule has 0 radical (unpaired) electrons. The summed E-state index contributed by atoms with van der Waals surface area (Å²) < 4.78 is 0. The predicted octanol–water partition coefficient (Wildman–Crippen LogP) is 2.73. The molecule has 1 heteroatoms. The van der Waals surface area contributed by atoms with Crippen molar-refractivity contribution in [3.05, 3.63) is 24.3 Å². The van der Waals surface area contributed by atoms with Crippen LogP contribution in [-0.2, 0) is 4.79 Å². The summed E-state index contributed by atoms with van der Waals surface area (Å²) in [5.41, 5.74) is 1.51. The van der Waals surface area contributed by atoms with Gasteiger partial charge in [0.15, 0.2) is 5.78 Å². The Hall–Kier alpha value is -0.850. The Balaban J connectivity index is 2.18. The van der Waals surface area contributed by atoms with Gasteiger partial charge in [0.2, 0.25) is 0 Å². The quantitative estimate of drug-likeness (QED) is 0.467. The number of ketones is 1. The summed E-state index contributed by atoms with van der Waals surface area (Å²) in [7, 11) is 0. The van der Waals surface area contributed by atoms with Crippen molar-refractivity contribution in [1.29, 1.82) is 0 Å². The maximum atomic E-state index is 11.5. The van der Waals surface area contributed by atoms with E-state index < -0.39 is 0 Å². The molecule has 3 unspecified atom stereocenters. The van der Waals surface area contributed by atoms with Gasteiger partial charge in [0, 0.05) is 5.92 Å². The Kier molecular flexibility index (Phi) is 2.10. The molecule has 0 aromatic heterocycles. The highest BCUT2D eigenvalue weighted by Crippen LogP contribution is 2.51. The summed E-state index contributed by atoms with van der Waals surface area (Å²) in [5.74, 6) is 1.86. The van der Waals surface area contributed by atoms with Gasteiger partial charge in [-0.2, -0.15) is 0 Å². The van der Waals surface area contributed by atoms with Crippen molar-refractivity contribution in [1.82, 2.24) is 0 Å². The fourth-order valence-electron chi connectivity index (χ4n) is 3.00. The zero-order chi connectivity index (χ0) is 9.42. The van der Waals surface area contributed by atoms with Crippen molar-refractivity contribution >= 4 is 5.78 Å². The summed E-state index contributed by atoms with van der Waals surface area (Å²) in [5, 5.41) is 0. The molecule has 2 saturated carbocycles. The van der Waals surface area contributed by atoms with Gasteiger partial charge in [-0.05, 0) is 44.1 Å². The number of hydrogen-bond acceptors (Lipinski definition) is 1. The fourth-order valence-corrected chi connectivity index (χ4v) is 3.00. The van der Waals surface area contributed by atoms with E-state index in [0.717, 1.165) is 12.3 Å². The molecule has 2 fully saturated rings. The first kappa shape index (κ1) is 8.74. The molecule has 0 aromatic rings. The molecule has 2 rings (SSSR count). The highest BCUT2D eigenvalue weighted by atomic mass is 16.1. The molecule has 0 aromatic carbocycles. The summed E-state index contributed by atoms with van der Waals surface area (Å²) >= 11 is 0. The molecule has 1 nitrogen and oxygen atoms in total. The lowest BCUT2D eigenvalue weighted by Crippen LogP contribution is -2.20. The summed E-state index contributed by atoms with van der Waals surface area (Å²) in [4.78, 5) is 11.5. The third-order valence-corrected chi connectivity index (χ3v) is 3.60. The van der Waals surface area contributed by atoms with Gasteiger partial charge < -0.3 is 0 Å². The van der Waals surface area contributed by atoms with E-state index in [0.29, 0.717) is 5.92 Å². The highest BCUT2D eigenvalue weighted by molar-refractivity contribution is 5.92. The first-order valence-corrected chi connectivity index (χ1v) is 5.07. The Morgan fingerprint density at radius 1 is 1.54 bits per heavy atom. The van der Waals surface area contributed by atoms with Crippen LogP contribution in [0.15, 0.2) is 24.3 Å². The molecule has 3 atom stereocenters. The van der Waals surface area contributed by atoms with Gasteiger partial charge >= 0.3 is 0 Å². The van der Waals surface area contributed by atoms with E-state index >= 15 is 0 Å². The number of allylic oxidation sites excluding steroid dienone is 3. The SMILES string of the molecule is C=CC(=O)C1CC2C/C(=C\C)C1C2. The van der Waals surface area contributed by atoms with Crippen molar-refractivity contribution in [3.63, 3.8) is 0 Å².